The standard InChI is InChI=1S/C18H17NO2/c1-2-21-18(20)16-12-13-8-6-7-11-15(13)17(16)19-14-9-4-3-5-10-14/h3-12,17,19H,2H2,1H3/t17-/m0/s1. The number of anilines is 1. The number of nitrogens with one attached hydrogen (secondary N) is 1. The Kier molecular flexibility index (Phi) is 3.73. The average molecular weight is 279 g/mol. The van der Waals surface area contributed by atoms with Gasteiger partial charge in [0.1, 0.15) is 0 Å². The van der Waals surface area contributed by atoms with Gasteiger partial charge in [0.2, 0.25) is 0 Å². The van der Waals surface area contributed by atoms with Crippen molar-refractivity contribution in [3.05, 3.63) is 71.3 Å². The molecular formula is C18H17NO2. The molecule has 0 aliphatic heterocycles. The van der Waals surface area contributed by atoms with Crippen LogP contribution in [0.3, 0.4) is 0 Å². The second-order valence-corrected chi connectivity index (χ2v) is 4.89. The Hall–Kier alpha value is -2.55. The van der Waals surface area contributed by atoms with E-state index in [0.29, 0.717) is 12.2 Å². The first-order valence-electron chi connectivity index (χ1n) is 7.09. The van der Waals surface area contributed by atoms with E-state index in [0.717, 1.165) is 16.8 Å². The highest BCUT2D eigenvalue weighted by Gasteiger charge is 2.30. The van der Waals surface area contributed by atoms with Crippen molar-refractivity contribution in [2.75, 3.05) is 11.9 Å². The summed E-state index contributed by atoms with van der Waals surface area (Å²) < 4.78 is 5.18. The van der Waals surface area contributed by atoms with E-state index >= 15 is 0 Å². The number of carbonyl (C=O) groups is 1. The fourth-order valence-corrected chi connectivity index (χ4v) is 2.57. The van der Waals surface area contributed by atoms with Gasteiger partial charge in [0.15, 0.2) is 0 Å². The van der Waals surface area contributed by atoms with Crippen LogP contribution in [-0.2, 0) is 9.53 Å². The first-order chi connectivity index (χ1) is 10.3. The number of hydrogen-bond acceptors (Lipinski definition) is 3. The van der Waals surface area contributed by atoms with E-state index in [1.807, 2.05) is 67.6 Å². The molecular weight excluding hydrogens is 262 g/mol. The van der Waals surface area contributed by atoms with Crippen molar-refractivity contribution < 1.29 is 9.53 Å². The zero-order valence-corrected chi connectivity index (χ0v) is 11.9. The molecule has 1 N–H and O–H groups in total. The van der Waals surface area contributed by atoms with Gasteiger partial charge < -0.3 is 10.1 Å². The molecule has 0 radical (unpaired) electrons. The number of esters is 1. The molecule has 2 aromatic carbocycles. The monoisotopic (exact) mass is 279 g/mol. The zero-order chi connectivity index (χ0) is 14.7. The smallest absolute Gasteiger partial charge is 0.336 e. The van der Waals surface area contributed by atoms with Crippen LogP contribution in [0, 0.1) is 0 Å². The molecule has 3 heteroatoms. The maximum absolute atomic E-state index is 12.2. The second-order valence-electron chi connectivity index (χ2n) is 4.89. The molecule has 0 heterocycles. The summed E-state index contributed by atoms with van der Waals surface area (Å²) in [5, 5.41) is 3.42. The number of benzene rings is 2. The van der Waals surface area contributed by atoms with Crippen molar-refractivity contribution in [3.8, 4) is 0 Å². The van der Waals surface area contributed by atoms with Crippen molar-refractivity contribution in [1.82, 2.24) is 0 Å². The van der Waals surface area contributed by atoms with Crippen LogP contribution in [0.1, 0.15) is 24.1 Å². The number of fused-ring (bicyclic) bond motifs is 1. The van der Waals surface area contributed by atoms with Crippen LogP contribution in [0.4, 0.5) is 5.69 Å². The fraction of sp³-hybridized carbons (Fsp3) is 0.167. The van der Waals surface area contributed by atoms with E-state index in [1.54, 1.807) is 0 Å². The molecule has 1 aliphatic rings. The van der Waals surface area contributed by atoms with E-state index in [1.165, 1.54) is 0 Å². The Morgan fingerprint density at radius 2 is 1.81 bits per heavy atom. The Labute approximate surface area is 124 Å². The summed E-state index contributed by atoms with van der Waals surface area (Å²) >= 11 is 0. The molecule has 2 aromatic rings. The fourth-order valence-electron chi connectivity index (χ4n) is 2.57. The summed E-state index contributed by atoms with van der Waals surface area (Å²) in [6.45, 7) is 2.20. The molecule has 0 amide bonds. The molecule has 1 atom stereocenters. The third-order valence-corrected chi connectivity index (χ3v) is 3.52. The van der Waals surface area contributed by atoms with E-state index in [4.69, 9.17) is 4.74 Å². The van der Waals surface area contributed by atoms with Gasteiger partial charge in [0.25, 0.3) is 0 Å². The van der Waals surface area contributed by atoms with Crippen molar-refractivity contribution in [2.24, 2.45) is 0 Å². The molecule has 106 valence electrons. The first-order valence-corrected chi connectivity index (χ1v) is 7.09. The topological polar surface area (TPSA) is 38.3 Å². The quantitative estimate of drug-likeness (QED) is 0.865. The third kappa shape index (κ3) is 2.68. The minimum absolute atomic E-state index is 0.164. The molecule has 3 rings (SSSR count). The van der Waals surface area contributed by atoms with Gasteiger partial charge in [0, 0.05) is 5.69 Å². The van der Waals surface area contributed by atoms with Crippen LogP contribution in [0.25, 0.3) is 6.08 Å². The minimum atomic E-state index is -0.262. The highest BCUT2D eigenvalue weighted by atomic mass is 16.5. The maximum atomic E-state index is 12.2. The van der Waals surface area contributed by atoms with E-state index < -0.39 is 0 Å². The zero-order valence-electron chi connectivity index (χ0n) is 11.9. The lowest BCUT2D eigenvalue weighted by molar-refractivity contribution is -0.138. The van der Waals surface area contributed by atoms with Gasteiger partial charge in [0.05, 0.1) is 18.2 Å². The van der Waals surface area contributed by atoms with Gasteiger partial charge in [-0.1, -0.05) is 42.5 Å². The van der Waals surface area contributed by atoms with Crippen LogP contribution < -0.4 is 5.32 Å². The maximum Gasteiger partial charge on any atom is 0.336 e. The summed E-state index contributed by atoms with van der Waals surface area (Å²) in [5.74, 6) is -0.262. The van der Waals surface area contributed by atoms with E-state index in [9.17, 15) is 4.79 Å². The van der Waals surface area contributed by atoms with Crippen molar-refractivity contribution in [2.45, 2.75) is 13.0 Å². The van der Waals surface area contributed by atoms with Crippen LogP contribution in [-0.4, -0.2) is 12.6 Å². The van der Waals surface area contributed by atoms with Gasteiger partial charge in [-0.25, -0.2) is 4.79 Å². The van der Waals surface area contributed by atoms with Gasteiger partial charge in [-0.05, 0) is 36.3 Å². The number of para-hydroxylation sites is 1. The van der Waals surface area contributed by atoms with E-state index in [2.05, 4.69) is 5.32 Å². The first kappa shape index (κ1) is 13.4. The molecule has 3 nitrogen and oxygen atoms in total. The highest BCUT2D eigenvalue weighted by Crippen LogP contribution is 2.37. The number of carbonyl (C=O) groups excluding carboxylic acids is 1. The van der Waals surface area contributed by atoms with Crippen LogP contribution in [0.2, 0.25) is 0 Å². The molecule has 0 spiro atoms. The number of hydrogen-bond donors (Lipinski definition) is 1. The summed E-state index contributed by atoms with van der Waals surface area (Å²) in [6.07, 6.45) is 1.91. The third-order valence-electron chi connectivity index (χ3n) is 3.52. The molecule has 0 bridgehead atoms. The van der Waals surface area contributed by atoms with Crippen LogP contribution >= 0.6 is 0 Å². The molecule has 1 aliphatic carbocycles. The lowest BCUT2D eigenvalue weighted by Crippen LogP contribution is -2.18. The van der Waals surface area contributed by atoms with Crippen LogP contribution in [0.15, 0.2) is 60.2 Å². The highest BCUT2D eigenvalue weighted by molar-refractivity contribution is 5.98. The Morgan fingerprint density at radius 1 is 1.10 bits per heavy atom. The molecule has 0 aromatic heterocycles. The van der Waals surface area contributed by atoms with Gasteiger partial charge in [-0.3, -0.25) is 0 Å². The van der Waals surface area contributed by atoms with Gasteiger partial charge >= 0.3 is 5.97 Å². The Morgan fingerprint density at radius 3 is 2.57 bits per heavy atom. The Balaban J connectivity index is 1.94. The predicted molar refractivity (Wildman–Crippen MR) is 83.9 cm³/mol. The summed E-state index contributed by atoms with van der Waals surface area (Å²) in [5.41, 5.74) is 3.80. The normalized spacial score (nSPS) is 16.0. The predicted octanol–water partition coefficient (Wildman–Crippen LogP) is 3.80. The molecule has 0 saturated carbocycles. The molecule has 0 saturated heterocycles. The molecule has 0 fully saturated rings. The summed E-state index contributed by atoms with van der Waals surface area (Å²) in [7, 11) is 0. The summed E-state index contributed by atoms with van der Waals surface area (Å²) in [4.78, 5) is 12.2. The van der Waals surface area contributed by atoms with E-state index in [-0.39, 0.29) is 12.0 Å². The lowest BCUT2D eigenvalue weighted by atomic mass is 10.0. The largest absolute Gasteiger partial charge is 0.463 e. The van der Waals surface area contributed by atoms with Crippen molar-refractivity contribution in [1.29, 1.82) is 0 Å². The molecule has 0 unspecified atom stereocenters. The van der Waals surface area contributed by atoms with Gasteiger partial charge in [-0.2, -0.15) is 0 Å². The second kappa shape index (κ2) is 5.83. The van der Waals surface area contributed by atoms with Crippen molar-refractivity contribution in [3.63, 3.8) is 0 Å². The Bertz CT molecular complexity index is 677. The SMILES string of the molecule is CCOC(=O)C1=Cc2ccccc2[C@@H]1Nc1ccccc1. The minimum Gasteiger partial charge on any atom is -0.463 e. The van der Waals surface area contributed by atoms with Crippen LogP contribution in [0.5, 0.6) is 0 Å². The summed E-state index contributed by atoms with van der Waals surface area (Å²) in [6, 6.07) is 17.7. The molecule has 21 heavy (non-hydrogen) atoms. The number of rotatable bonds is 4. The number of ether oxygens (including phenoxy) is 1. The lowest BCUT2D eigenvalue weighted by Gasteiger charge is -2.19. The van der Waals surface area contributed by atoms with Gasteiger partial charge in [-0.15, -0.1) is 0 Å². The average Bonchev–Trinajstić information content (AvgIpc) is 2.88. The van der Waals surface area contributed by atoms with Crippen molar-refractivity contribution >= 4 is 17.7 Å².